The second-order valence-electron chi connectivity index (χ2n) is 3.34. The first-order valence-electron chi connectivity index (χ1n) is 4.87. The molecule has 0 aliphatic heterocycles. The maximum absolute atomic E-state index is 8.60. The zero-order valence-electron chi connectivity index (χ0n) is 8.66. The van der Waals surface area contributed by atoms with Crippen molar-refractivity contribution in [2.45, 2.75) is 33.0 Å². The molecule has 1 rings (SSSR count). The third-order valence-corrected chi connectivity index (χ3v) is 2.19. The van der Waals surface area contributed by atoms with Gasteiger partial charge in [0.25, 0.3) is 0 Å². The van der Waals surface area contributed by atoms with Crippen LogP contribution in [0.1, 0.15) is 31.4 Å². The van der Waals surface area contributed by atoms with Gasteiger partial charge >= 0.3 is 0 Å². The average Bonchev–Trinajstić information content (AvgIpc) is 2.26. The minimum Gasteiger partial charge on any atom is -0.374 e. The lowest BCUT2D eigenvalue weighted by Gasteiger charge is -2.10. The van der Waals surface area contributed by atoms with E-state index in [0.717, 1.165) is 12.0 Å². The third kappa shape index (κ3) is 3.20. The number of nitrogens with zero attached hydrogens (tertiary/aromatic N) is 1. The molecule has 0 bridgehead atoms. The zero-order valence-corrected chi connectivity index (χ0v) is 8.66. The lowest BCUT2D eigenvalue weighted by Crippen LogP contribution is -2.05. The fourth-order valence-electron chi connectivity index (χ4n) is 1.03. The summed E-state index contributed by atoms with van der Waals surface area (Å²) in [4.78, 5) is 0. The maximum Gasteiger partial charge on any atom is 0.0991 e. The SMILES string of the molecule is CC[C@@H](C)OCc1ccc(C#N)cc1. The summed E-state index contributed by atoms with van der Waals surface area (Å²) in [7, 11) is 0. The molecule has 0 aromatic heterocycles. The number of rotatable bonds is 4. The molecule has 2 heteroatoms. The molecule has 0 saturated carbocycles. The van der Waals surface area contributed by atoms with Gasteiger partial charge in [0.1, 0.15) is 0 Å². The van der Waals surface area contributed by atoms with Gasteiger partial charge < -0.3 is 4.74 Å². The highest BCUT2D eigenvalue weighted by molar-refractivity contribution is 5.31. The molecule has 0 heterocycles. The van der Waals surface area contributed by atoms with E-state index in [4.69, 9.17) is 10.00 Å². The standard InChI is InChI=1S/C12H15NO/c1-3-10(2)14-9-12-6-4-11(8-13)5-7-12/h4-7,10H,3,9H2,1-2H3/t10-/m1/s1. The van der Waals surface area contributed by atoms with E-state index in [1.54, 1.807) is 0 Å². The Morgan fingerprint density at radius 1 is 1.36 bits per heavy atom. The predicted octanol–water partition coefficient (Wildman–Crippen LogP) is 2.87. The van der Waals surface area contributed by atoms with Crippen LogP contribution in [0, 0.1) is 11.3 Å². The van der Waals surface area contributed by atoms with Crippen LogP contribution in [0.3, 0.4) is 0 Å². The van der Waals surface area contributed by atoms with Crippen molar-refractivity contribution >= 4 is 0 Å². The van der Waals surface area contributed by atoms with Gasteiger partial charge in [-0.2, -0.15) is 5.26 Å². The monoisotopic (exact) mass is 189 g/mol. The Morgan fingerprint density at radius 2 is 2.00 bits per heavy atom. The summed E-state index contributed by atoms with van der Waals surface area (Å²) in [6.07, 6.45) is 1.32. The molecule has 14 heavy (non-hydrogen) atoms. The Labute approximate surface area is 85.1 Å². The van der Waals surface area contributed by atoms with Gasteiger partial charge in [0.15, 0.2) is 0 Å². The Balaban J connectivity index is 2.49. The van der Waals surface area contributed by atoms with Gasteiger partial charge in [-0.25, -0.2) is 0 Å². The second-order valence-corrected chi connectivity index (χ2v) is 3.34. The van der Waals surface area contributed by atoms with E-state index in [2.05, 4.69) is 19.9 Å². The molecule has 1 atom stereocenters. The summed E-state index contributed by atoms with van der Waals surface area (Å²) in [5, 5.41) is 8.60. The van der Waals surface area contributed by atoms with E-state index in [-0.39, 0.29) is 0 Å². The van der Waals surface area contributed by atoms with E-state index in [1.807, 2.05) is 24.3 Å². The van der Waals surface area contributed by atoms with Gasteiger partial charge in [-0.3, -0.25) is 0 Å². The largest absolute Gasteiger partial charge is 0.374 e. The molecule has 0 radical (unpaired) electrons. The molecule has 0 amide bonds. The molecular formula is C12H15NO. The first kappa shape index (κ1) is 10.7. The summed E-state index contributed by atoms with van der Waals surface area (Å²) in [5.74, 6) is 0. The molecule has 74 valence electrons. The summed E-state index contributed by atoms with van der Waals surface area (Å²) in [5.41, 5.74) is 1.81. The van der Waals surface area contributed by atoms with Gasteiger partial charge in [-0.1, -0.05) is 19.1 Å². The fraction of sp³-hybridized carbons (Fsp3) is 0.417. The maximum atomic E-state index is 8.60. The average molecular weight is 189 g/mol. The molecule has 0 saturated heterocycles. The highest BCUT2D eigenvalue weighted by Crippen LogP contribution is 2.07. The normalized spacial score (nSPS) is 12.1. The van der Waals surface area contributed by atoms with Crippen molar-refractivity contribution in [1.29, 1.82) is 5.26 Å². The van der Waals surface area contributed by atoms with E-state index in [9.17, 15) is 0 Å². The number of benzene rings is 1. The molecule has 0 N–H and O–H groups in total. The Kier molecular flexibility index (Phi) is 4.15. The van der Waals surface area contributed by atoms with Crippen molar-refractivity contribution < 1.29 is 4.74 Å². The second kappa shape index (κ2) is 5.41. The van der Waals surface area contributed by atoms with Gasteiger partial charge in [-0.15, -0.1) is 0 Å². The van der Waals surface area contributed by atoms with Crippen LogP contribution in [0.4, 0.5) is 0 Å². The molecular weight excluding hydrogens is 174 g/mol. The van der Waals surface area contributed by atoms with Crippen LogP contribution in [0.2, 0.25) is 0 Å². The molecule has 0 aliphatic carbocycles. The van der Waals surface area contributed by atoms with Crippen molar-refractivity contribution in [2.24, 2.45) is 0 Å². The Morgan fingerprint density at radius 3 is 2.50 bits per heavy atom. The van der Waals surface area contributed by atoms with Crippen LogP contribution in [0.15, 0.2) is 24.3 Å². The number of ether oxygens (including phenoxy) is 1. The Bertz CT molecular complexity index is 310. The van der Waals surface area contributed by atoms with E-state index < -0.39 is 0 Å². The predicted molar refractivity (Wildman–Crippen MR) is 55.7 cm³/mol. The van der Waals surface area contributed by atoms with Crippen LogP contribution in [-0.2, 0) is 11.3 Å². The summed E-state index contributed by atoms with van der Waals surface area (Å²) >= 11 is 0. The number of hydrogen-bond donors (Lipinski definition) is 0. The highest BCUT2D eigenvalue weighted by atomic mass is 16.5. The molecule has 0 fully saturated rings. The van der Waals surface area contributed by atoms with E-state index >= 15 is 0 Å². The summed E-state index contributed by atoms with van der Waals surface area (Å²) < 4.78 is 5.57. The van der Waals surface area contributed by atoms with Crippen LogP contribution in [0.25, 0.3) is 0 Å². The van der Waals surface area contributed by atoms with Gasteiger partial charge in [0, 0.05) is 0 Å². The minimum atomic E-state index is 0.297. The van der Waals surface area contributed by atoms with Gasteiger partial charge in [-0.05, 0) is 31.0 Å². The first-order valence-corrected chi connectivity index (χ1v) is 4.87. The molecule has 2 nitrogen and oxygen atoms in total. The van der Waals surface area contributed by atoms with Crippen molar-refractivity contribution in [2.75, 3.05) is 0 Å². The van der Waals surface area contributed by atoms with Crippen LogP contribution >= 0.6 is 0 Å². The van der Waals surface area contributed by atoms with Crippen molar-refractivity contribution in [3.05, 3.63) is 35.4 Å². The van der Waals surface area contributed by atoms with Crippen LogP contribution in [-0.4, -0.2) is 6.10 Å². The third-order valence-electron chi connectivity index (χ3n) is 2.19. The topological polar surface area (TPSA) is 33.0 Å². The Hall–Kier alpha value is -1.33. The molecule has 0 spiro atoms. The highest BCUT2D eigenvalue weighted by Gasteiger charge is 1.99. The number of nitriles is 1. The number of hydrogen-bond acceptors (Lipinski definition) is 2. The van der Waals surface area contributed by atoms with Crippen molar-refractivity contribution in [3.63, 3.8) is 0 Å². The fourth-order valence-corrected chi connectivity index (χ4v) is 1.03. The molecule has 1 aromatic rings. The van der Waals surface area contributed by atoms with Gasteiger partial charge in [0.2, 0.25) is 0 Å². The molecule has 0 unspecified atom stereocenters. The van der Waals surface area contributed by atoms with E-state index in [0.29, 0.717) is 18.3 Å². The summed E-state index contributed by atoms with van der Waals surface area (Å²) in [6.45, 7) is 4.79. The lowest BCUT2D eigenvalue weighted by molar-refractivity contribution is 0.0508. The molecule has 1 aromatic carbocycles. The van der Waals surface area contributed by atoms with E-state index in [1.165, 1.54) is 0 Å². The smallest absolute Gasteiger partial charge is 0.0991 e. The molecule has 0 aliphatic rings. The first-order chi connectivity index (χ1) is 6.76. The lowest BCUT2D eigenvalue weighted by atomic mass is 10.1. The zero-order chi connectivity index (χ0) is 10.4. The van der Waals surface area contributed by atoms with Gasteiger partial charge in [0.05, 0.1) is 24.3 Å². The van der Waals surface area contributed by atoms with Crippen LogP contribution in [0.5, 0.6) is 0 Å². The van der Waals surface area contributed by atoms with Crippen molar-refractivity contribution in [1.82, 2.24) is 0 Å². The van der Waals surface area contributed by atoms with Crippen LogP contribution < -0.4 is 0 Å². The quantitative estimate of drug-likeness (QED) is 0.729. The van der Waals surface area contributed by atoms with Crippen molar-refractivity contribution in [3.8, 4) is 6.07 Å². The minimum absolute atomic E-state index is 0.297. The summed E-state index contributed by atoms with van der Waals surface area (Å²) in [6, 6.07) is 9.58.